The highest BCUT2D eigenvalue weighted by Crippen LogP contribution is 2.13. The van der Waals surface area contributed by atoms with Gasteiger partial charge in [0, 0.05) is 6.54 Å². The van der Waals surface area contributed by atoms with E-state index in [0.717, 1.165) is 19.4 Å². The van der Waals surface area contributed by atoms with Crippen molar-refractivity contribution in [2.45, 2.75) is 26.7 Å². The second-order valence-corrected chi connectivity index (χ2v) is 5.52. The zero-order valence-electron chi connectivity index (χ0n) is 12.3. The molecule has 1 aromatic rings. The molecule has 0 aliphatic carbocycles. The lowest BCUT2D eigenvalue weighted by Gasteiger charge is -2.11. The highest BCUT2D eigenvalue weighted by molar-refractivity contribution is 5.61. The molecular weight excluding hydrogens is 244 g/mol. The molecule has 0 bridgehead atoms. The zero-order chi connectivity index (χ0) is 14.4. The maximum absolute atomic E-state index is 11.4. The first-order valence-corrected chi connectivity index (χ1v) is 6.81. The first-order chi connectivity index (χ1) is 8.93. The third-order valence-electron chi connectivity index (χ3n) is 2.94. The van der Waals surface area contributed by atoms with Crippen LogP contribution in [0.25, 0.3) is 0 Å². The maximum atomic E-state index is 11.4. The van der Waals surface area contributed by atoms with E-state index in [1.165, 1.54) is 0 Å². The lowest BCUT2D eigenvalue weighted by atomic mass is 10.1. The minimum absolute atomic E-state index is 0.385. The minimum atomic E-state index is -0.475. The molecular formula is C13H25N4O2+. The normalized spacial score (nSPS) is 11.5. The van der Waals surface area contributed by atoms with E-state index in [1.54, 1.807) is 0 Å². The van der Waals surface area contributed by atoms with Gasteiger partial charge in [-0.2, -0.15) is 0 Å². The van der Waals surface area contributed by atoms with E-state index in [-0.39, 0.29) is 0 Å². The van der Waals surface area contributed by atoms with Gasteiger partial charge in [0.05, 0.1) is 11.0 Å². The van der Waals surface area contributed by atoms with Gasteiger partial charge in [-0.05, 0) is 39.4 Å². The molecule has 0 saturated heterocycles. The van der Waals surface area contributed by atoms with Crippen LogP contribution in [-0.4, -0.2) is 38.6 Å². The Balaban J connectivity index is 2.43. The van der Waals surface area contributed by atoms with Crippen LogP contribution in [0.3, 0.4) is 0 Å². The van der Waals surface area contributed by atoms with E-state index in [4.69, 9.17) is 0 Å². The zero-order valence-corrected chi connectivity index (χ0v) is 12.3. The predicted molar refractivity (Wildman–Crippen MR) is 78.1 cm³/mol. The van der Waals surface area contributed by atoms with Crippen molar-refractivity contribution in [1.82, 2.24) is 4.90 Å². The fourth-order valence-electron chi connectivity index (χ4n) is 1.76. The fraction of sp³-hybridized carbons (Fsp3) is 0.769. The van der Waals surface area contributed by atoms with Crippen molar-refractivity contribution in [1.29, 1.82) is 0 Å². The first kappa shape index (κ1) is 15.6. The number of hydrogen-bond donors (Lipinski definition) is 2. The summed E-state index contributed by atoms with van der Waals surface area (Å²) < 4.78 is 0.425. The monoisotopic (exact) mass is 269 g/mol. The van der Waals surface area contributed by atoms with Crippen molar-refractivity contribution >= 4 is 11.5 Å². The van der Waals surface area contributed by atoms with Crippen LogP contribution in [0.4, 0.5) is 11.5 Å². The van der Waals surface area contributed by atoms with E-state index in [1.807, 2.05) is 14.1 Å². The van der Waals surface area contributed by atoms with E-state index < -0.39 is 5.56 Å². The van der Waals surface area contributed by atoms with Gasteiger partial charge in [0.25, 0.3) is 0 Å². The molecule has 0 atom stereocenters. The molecule has 1 aromatic heterocycles. The summed E-state index contributed by atoms with van der Waals surface area (Å²) in [5, 5.41) is 6.07. The summed E-state index contributed by atoms with van der Waals surface area (Å²) in [6.45, 7) is 6.60. The molecule has 6 heteroatoms. The third kappa shape index (κ3) is 4.63. The highest BCUT2D eigenvalue weighted by atomic mass is 16.3. The second-order valence-electron chi connectivity index (χ2n) is 5.52. The third-order valence-corrected chi connectivity index (χ3v) is 2.94. The molecule has 0 spiro atoms. The van der Waals surface area contributed by atoms with Gasteiger partial charge in [-0.25, -0.2) is 4.79 Å². The molecule has 0 fully saturated rings. The summed E-state index contributed by atoms with van der Waals surface area (Å²) in [4.78, 5) is 24.9. The first-order valence-electron chi connectivity index (χ1n) is 6.81. The summed E-state index contributed by atoms with van der Waals surface area (Å²) in [6, 6.07) is 0. The Labute approximate surface area is 114 Å². The second kappa shape index (κ2) is 7.23. The number of anilines is 2. The van der Waals surface area contributed by atoms with Crippen LogP contribution in [0.2, 0.25) is 0 Å². The Kier molecular flexibility index (Phi) is 5.95. The van der Waals surface area contributed by atoms with Gasteiger partial charge < -0.3 is 10.2 Å². The number of rotatable bonds is 9. The number of hydrogen-bond acceptors (Lipinski definition) is 5. The number of aromatic nitrogens is 1. The molecule has 0 aromatic carbocycles. The molecule has 0 aliphatic heterocycles. The van der Waals surface area contributed by atoms with Gasteiger partial charge in [-0.15, -0.1) is 0 Å². The molecule has 108 valence electrons. The summed E-state index contributed by atoms with van der Waals surface area (Å²) in [5.74, 6) is 0.955. The van der Waals surface area contributed by atoms with E-state index >= 15 is 0 Å². The van der Waals surface area contributed by atoms with Crippen LogP contribution in [0.1, 0.15) is 26.7 Å². The van der Waals surface area contributed by atoms with E-state index in [0.29, 0.717) is 34.9 Å². The Morgan fingerprint density at radius 2 is 1.89 bits per heavy atom. The van der Waals surface area contributed by atoms with Gasteiger partial charge >= 0.3 is 11.4 Å². The quantitative estimate of drug-likeness (QED) is 0.509. The van der Waals surface area contributed by atoms with Crippen LogP contribution >= 0.6 is 0 Å². The summed E-state index contributed by atoms with van der Waals surface area (Å²) in [6.07, 6.45) is 1.90. The average Bonchev–Trinajstić information content (AvgIpc) is 2.34. The Morgan fingerprint density at radius 3 is 2.47 bits per heavy atom. The highest BCUT2D eigenvalue weighted by Gasteiger charge is 2.28. The van der Waals surface area contributed by atoms with Crippen LogP contribution in [0.15, 0.2) is 4.79 Å². The summed E-state index contributed by atoms with van der Waals surface area (Å²) in [7, 11) is 4.01. The summed E-state index contributed by atoms with van der Waals surface area (Å²) >= 11 is 0. The van der Waals surface area contributed by atoms with Crippen molar-refractivity contribution < 1.29 is 4.43 Å². The van der Waals surface area contributed by atoms with E-state index in [2.05, 4.69) is 29.4 Å². The SMILES string of the molecule is CC(C)CCNc1c(NCCCN(C)C)c(=O)[n+]1=O. The van der Waals surface area contributed by atoms with Crippen molar-refractivity contribution in [3.63, 3.8) is 0 Å². The van der Waals surface area contributed by atoms with Gasteiger partial charge in [0.2, 0.25) is 5.69 Å². The Bertz CT molecular complexity index is 461. The molecule has 19 heavy (non-hydrogen) atoms. The van der Waals surface area contributed by atoms with E-state index in [9.17, 15) is 9.70 Å². The lowest BCUT2D eigenvalue weighted by Crippen LogP contribution is -2.47. The largest absolute Gasteiger partial charge is 0.410 e. The summed E-state index contributed by atoms with van der Waals surface area (Å²) in [5.41, 5.74) is -0.0468. The van der Waals surface area contributed by atoms with Crippen molar-refractivity contribution in [3.05, 3.63) is 15.3 Å². The van der Waals surface area contributed by atoms with Crippen LogP contribution in [0, 0.1) is 10.8 Å². The van der Waals surface area contributed by atoms with Gasteiger partial charge in [0.15, 0.2) is 0 Å². The molecule has 0 radical (unpaired) electrons. The molecule has 0 unspecified atom stereocenters. The average molecular weight is 269 g/mol. The van der Waals surface area contributed by atoms with Crippen LogP contribution in [0.5, 0.6) is 0 Å². The van der Waals surface area contributed by atoms with Crippen LogP contribution < -0.4 is 20.6 Å². The molecule has 0 amide bonds. The van der Waals surface area contributed by atoms with Crippen molar-refractivity contribution in [3.8, 4) is 0 Å². The predicted octanol–water partition coefficient (Wildman–Crippen LogP) is 0.659. The maximum Gasteiger partial charge on any atom is 0.410 e. The van der Waals surface area contributed by atoms with Gasteiger partial charge in [-0.1, -0.05) is 18.8 Å². The molecule has 6 nitrogen and oxygen atoms in total. The van der Waals surface area contributed by atoms with Crippen molar-refractivity contribution in [2.24, 2.45) is 5.92 Å². The number of nitrogens with zero attached hydrogens (tertiary/aromatic N) is 2. The molecule has 0 saturated carbocycles. The molecule has 1 rings (SSSR count). The lowest BCUT2D eigenvalue weighted by molar-refractivity contribution is -0.506. The molecule has 0 aliphatic rings. The van der Waals surface area contributed by atoms with Crippen LogP contribution in [-0.2, 0) is 0 Å². The topological polar surface area (TPSA) is 67.3 Å². The molecule has 2 N–H and O–H groups in total. The fourth-order valence-corrected chi connectivity index (χ4v) is 1.76. The Morgan fingerprint density at radius 1 is 1.21 bits per heavy atom. The smallest absolute Gasteiger partial charge is 0.372 e. The Hall–Kier alpha value is -1.43. The minimum Gasteiger partial charge on any atom is -0.372 e. The van der Waals surface area contributed by atoms with Crippen molar-refractivity contribution in [2.75, 3.05) is 44.4 Å². The van der Waals surface area contributed by atoms with Gasteiger partial charge in [-0.3, -0.25) is 5.32 Å². The standard InChI is InChI=1S/C13H24N4O2/c1-10(2)6-8-15-12-11(13(18)17(12)19)14-7-5-9-16(3)4/h10H,5-9H2,1-4H3,(H-,14,15,18,19)/p+1. The van der Waals surface area contributed by atoms with Gasteiger partial charge in [0.1, 0.15) is 0 Å². The number of nitrogens with one attached hydrogen (secondary N) is 2. The molecule has 1 heterocycles.